The molecule has 0 saturated heterocycles. The summed E-state index contributed by atoms with van der Waals surface area (Å²) in [6.45, 7) is 6.06. The molecule has 0 unspecified atom stereocenters. The fraction of sp³-hybridized carbons (Fsp3) is 0.667. The maximum atomic E-state index is 11.7. The molecule has 6 nitrogen and oxygen atoms in total. The number of aromatic nitrogens is 3. The summed E-state index contributed by atoms with van der Waals surface area (Å²) in [5.74, 6) is 0.0341. The highest BCUT2D eigenvalue weighted by molar-refractivity contribution is 9.10. The highest BCUT2D eigenvalue weighted by atomic mass is 79.9. The van der Waals surface area contributed by atoms with Gasteiger partial charge in [-0.3, -0.25) is 4.79 Å². The lowest BCUT2D eigenvalue weighted by Crippen LogP contribution is -2.44. The molecule has 90 valence electrons. The Hall–Kier alpha value is -1.11. The third kappa shape index (κ3) is 3.48. The topological polar surface area (TPSA) is 85.8 Å². The Balaban J connectivity index is 2.62. The number of nitrogen functional groups attached to an aromatic ring is 1. The molecule has 0 saturated carbocycles. The molecule has 3 N–H and O–H groups in total. The van der Waals surface area contributed by atoms with Crippen LogP contribution in [0.4, 0.5) is 5.95 Å². The molecule has 0 aliphatic carbocycles. The van der Waals surface area contributed by atoms with Crippen LogP contribution in [-0.2, 0) is 11.3 Å². The molecule has 0 atom stereocenters. The van der Waals surface area contributed by atoms with Crippen molar-refractivity contribution in [1.29, 1.82) is 0 Å². The maximum absolute atomic E-state index is 11.7. The zero-order valence-electron chi connectivity index (χ0n) is 9.62. The Morgan fingerprint density at radius 2 is 2.25 bits per heavy atom. The average molecular weight is 290 g/mol. The number of nitrogens with zero attached hydrogens (tertiary/aromatic N) is 3. The number of amides is 1. The molecule has 0 aliphatic rings. The Kier molecular flexibility index (Phi) is 3.90. The lowest BCUT2D eigenvalue weighted by atomic mass is 10.0. The minimum absolute atomic E-state index is 0.105. The first-order valence-corrected chi connectivity index (χ1v) is 5.80. The molecule has 0 radical (unpaired) electrons. The number of nitrogens with one attached hydrogen (secondary N) is 1. The molecule has 1 heterocycles. The molecular weight excluding hydrogens is 274 g/mol. The zero-order valence-corrected chi connectivity index (χ0v) is 11.2. The standard InChI is InChI=1S/C9H16BrN5O/c1-4-9(2,3)13-6(16)5-15-7(10)12-8(11)14-15/h4-5H2,1-3H3,(H2,11,14)(H,13,16). The van der Waals surface area contributed by atoms with Crippen molar-refractivity contribution in [2.24, 2.45) is 0 Å². The number of rotatable bonds is 4. The Labute approximate surface area is 103 Å². The van der Waals surface area contributed by atoms with Crippen LogP contribution in [0, 0.1) is 0 Å². The monoisotopic (exact) mass is 289 g/mol. The quantitative estimate of drug-likeness (QED) is 0.863. The molecule has 0 aliphatic heterocycles. The number of anilines is 1. The van der Waals surface area contributed by atoms with Gasteiger partial charge in [-0.05, 0) is 36.2 Å². The summed E-state index contributed by atoms with van der Waals surface area (Å²) in [4.78, 5) is 15.5. The van der Waals surface area contributed by atoms with Gasteiger partial charge in [0.05, 0.1) is 0 Å². The van der Waals surface area contributed by atoms with Crippen molar-refractivity contribution in [2.75, 3.05) is 5.73 Å². The van der Waals surface area contributed by atoms with Gasteiger partial charge >= 0.3 is 0 Å². The normalized spacial score (nSPS) is 11.5. The molecule has 1 aromatic heterocycles. The van der Waals surface area contributed by atoms with Gasteiger partial charge in [-0.2, -0.15) is 4.98 Å². The van der Waals surface area contributed by atoms with E-state index in [0.29, 0.717) is 4.73 Å². The van der Waals surface area contributed by atoms with E-state index in [1.807, 2.05) is 20.8 Å². The number of carbonyl (C=O) groups is 1. The zero-order chi connectivity index (χ0) is 12.3. The molecule has 16 heavy (non-hydrogen) atoms. The fourth-order valence-corrected chi connectivity index (χ4v) is 1.47. The van der Waals surface area contributed by atoms with Gasteiger partial charge in [0.2, 0.25) is 11.9 Å². The minimum Gasteiger partial charge on any atom is -0.366 e. The maximum Gasteiger partial charge on any atom is 0.242 e. The Morgan fingerprint density at radius 1 is 1.62 bits per heavy atom. The van der Waals surface area contributed by atoms with E-state index >= 15 is 0 Å². The van der Waals surface area contributed by atoms with Crippen molar-refractivity contribution in [3.05, 3.63) is 4.73 Å². The van der Waals surface area contributed by atoms with Crippen molar-refractivity contribution in [3.8, 4) is 0 Å². The largest absolute Gasteiger partial charge is 0.366 e. The van der Waals surface area contributed by atoms with Crippen LogP contribution in [0.3, 0.4) is 0 Å². The number of nitrogens with two attached hydrogens (primary N) is 1. The molecule has 0 fully saturated rings. The van der Waals surface area contributed by atoms with Gasteiger partial charge < -0.3 is 11.1 Å². The fourth-order valence-electron chi connectivity index (χ4n) is 1.08. The van der Waals surface area contributed by atoms with Gasteiger partial charge in [-0.25, -0.2) is 4.68 Å². The van der Waals surface area contributed by atoms with Crippen molar-refractivity contribution in [3.63, 3.8) is 0 Å². The lowest BCUT2D eigenvalue weighted by molar-refractivity contribution is -0.123. The number of hydrogen-bond acceptors (Lipinski definition) is 4. The molecular formula is C9H16BrN5O. The highest BCUT2D eigenvalue weighted by Gasteiger charge is 2.18. The van der Waals surface area contributed by atoms with E-state index < -0.39 is 0 Å². The average Bonchev–Trinajstić information content (AvgIpc) is 2.44. The van der Waals surface area contributed by atoms with E-state index in [-0.39, 0.29) is 23.9 Å². The summed E-state index contributed by atoms with van der Waals surface area (Å²) in [7, 11) is 0. The summed E-state index contributed by atoms with van der Waals surface area (Å²) >= 11 is 3.17. The predicted octanol–water partition coefficient (Wildman–Crippen LogP) is 0.928. The molecule has 7 heteroatoms. The van der Waals surface area contributed by atoms with Crippen LogP contribution in [0.15, 0.2) is 4.73 Å². The molecule has 1 amide bonds. The highest BCUT2D eigenvalue weighted by Crippen LogP contribution is 2.09. The number of halogens is 1. The Bertz CT molecular complexity index is 387. The predicted molar refractivity (Wildman–Crippen MR) is 64.6 cm³/mol. The van der Waals surface area contributed by atoms with Gasteiger partial charge in [0, 0.05) is 5.54 Å². The third-order valence-corrected chi connectivity index (χ3v) is 2.88. The van der Waals surface area contributed by atoms with E-state index in [1.54, 1.807) is 0 Å². The van der Waals surface area contributed by atoms with E-state index in [4.69, 9.17) is 5.73 Å². The molecule has 0 bridgehead atoms. The van der Waals surface area contributed by atoms with Crippen LogP contribution < -0.4 is 11.1 Å². The summed E-state index contributed by atoms with van der Waals surface area (Å²) in [5, 5.41) is 6.78. The van der Waals surface area contributed by atoms with E-state index in [9.17, 15) is 4.79 Å². The SMILES string of the molecule is CCC(C)(C)NC(=O)Cn1nc(N)nc1Br. The molecule has 1 rings (SSSR count). The summed E-state index contributed by atoms with van der Waals surface area (Å²) < 4.78 is 1.87. The number of hydrogen-bond donors (Lipinski definition) is 2. The van der Waals surface area contributed by atoms with Crippen LogP contribution in [0.25, 0.3) is 0 Å². The van der Waals surface area contributed by atoms with Crippen LogP contribution in [0.1, 0.15) is 27.2 Å². The van der Waals surface area contributed by atoms with E-state index in [1.165, 1.54) is 4.68 Å². The number of carbonyl (C=O) groups excluding carboxylic acids is 1. The van der Waals surface area contributed by atoms with Crippen molar-refractivity contribution in [2.45, 2.75) is 39.3 Å². The summed E-state index contributed by atoms with van der Waals surface area (Å²) in [6.07, 6.45) is 0.861. The van der Waals surface area contributed by atoms with Crippen molar-refractivity contribution in [1.82, 2.24) is 20.1 Å². The Morgan fingerprint density at radius 3 is 2.69 bits per heavy atom. The summed E-state index contributed by atoms with van der Waals surface area (Å²) in [5.41, 5.74) is 5.19. The first-order chi connectivity index (χ1) is 7.34. The third-order valence-electron chi connectivity index (χ3n) is 2.30. The van der Waals surface area contributed by atoms with Gasteiger partial charge in [-0.15, -0.1) is 5.10 Å². The van der Waals surface area contributed by atoms with Crippen LogP contribution >= 0.6 is 15.9 Å². The first kappa shape index (κ1) is 13.0. The summed E-state index contributed by atoms with van der Waals surface area (Å²) in [6, 6.07) is 0. The van der Waals surface area contributed by atoms with Gasteiger partial charge in [0.15, 0.2) is 4.73 Å². The van der Waals surface area contributed by atoms with Crippen LogP contribution in [0.5, 0.6) is 0 Å². The van der Waals surface area contributed by atoms with Gasteiger partial charge in [-0.1, -0.05) is 6.92 Å². The van der Waals surface area contributed by atoms with Gasteiger partial charge in [0.1, 0.15) is 6.54 Å². The molecule has 0 spiro atoms. The van der Waals surface area contributed by atoms with E-state index in [0.717, 1.165) is 6.42 Å². The smallest absolute Gasteiger partial charge is 0.242 e. The lowest BCUT2D eigenvalue weighted by Gasteiger charge is -2.24. The molecule has 0 aromatic carbocycles. The van der Waals surface area contributed by atoms with Crippen molar-refractivity contribution >= 4 is 27.8 Å². The van der Waals surface area contributed by atoms with Crippen molar-refractivity contribution < 1.29 is 4.79 Å². The van der Waals surface area contributed by atoms with Crippen LogP contribution in [0.2, 0.25) is 0 Å². The van der Waals surface area contributed by atoms with Crippen LogP contribution in [-0.4, -0.2) is 26.2 Å². The molecule has 1 aromatic rings. The second-order valence-corrected chi connectivity index (χ2v) is 4.89. The van der Waals surface area contributed by atoms with Gasteiger partial charge in [0.25, 0.3) is 0 Å². The minimum atomic E-state index is -0.213. The second kappa shape index (κ2) is 4.82. The second-order valence-electron chi connectivity index (χ2n) is 4.18. The van der Waals surface area contributed by atoms with E-state index in [2.05, 4.69) is 31.3 Å². The first-order valence-electron chi connectivity index (χ1n) is 5.01.